The molecule has 0 unspecified atom stereocenters. The molecule has 7 heteroatoms. The quantitative estimate of drug-likeness (QED) is 0.661. The number of rotatable bonds is 9. The number of benzene rings is 1. The number of amides is 1. The zero-order valence-electron chi connectivity index (χ0n) is 16.1. The van der Waals surface area contributed by atoms with Crippen molar-refractivity contribution in [1.29, 1.82) is 0 Å². The molecular formula is C20H27N3O3S. The molecule has 2 aromatic rings. The van der Waals surface area contributed by atoms with Crippen molar-refractivity contribution >= 4 is 21.6 Å². The molecule has 0 atom stereocenters. The number of carbonyl (C=O) groups excluding carboxylic acids is 1. The van der Waals surface area contributed by atoms with E-state index < -0.39 is 10.0 Å². The number of para-hydroxylation sites is 1. The molecule has 0 saturated carbocycles. The third-order valence-electron chi connectivity index (χ3n) is 4.48. The van der Waals surface area contributed by atoms with E-state index in [0.717, 1.165) is 24.0 Å². The highest BCUT2D eigenvalue weighted by atomic mass is 32.2. The summed E-state index contributed by atoms with van der Waals surface area (Å²) in [7, 11) is -1.73. The lowest BCUT2D eigenvalue weighted by Crippen LogP contribution is -2.36. The number of hydrogen-bond acceptors (Lipinski definition) is 4. The molecule has 2 rings (SSSR count). The standard InChI is InChI=1S/C20H27N3O3S/c1-4-18-7-5-6-8-19(18)23(27(3,25)26)16-12-20(24)22(2)15-11-17-9-13-21-14-10-17/h5-10,13-14H,4,11-12,15-16H2,1-3H3. The SMILES string of the molecule is CCc1ccccc1N(CCC(=O)N(C)CCc1ccncc1)S(C)(=O)=O. The summed E-state index contributed by atoms with van der Waals surface area (Å²) in [5.41, 5.74) is 2.70. The second kappa shape index (κ2) is 9.50. The highest BCUT2D eigenvalue weighted by Gasteiger charge is 2.21. The van der Waals surface area contributed by atoms with Gasteiger partial charge in [-0.05, 0) is 42.2 Å². The average Bonchev–Trinajstić information content (AvgIpc) is 2.66. The molecule has 1 amide bonds. The number of hydrogen-bond donors (Lipinski definition) is 0. The van der Waals surface area contributed by atoms with Crippen LogP contribution < -0.4 is 4.31 Å². The minimum absolute atomic E-state index is 0.0771. The summed E-state index contributed by atoms with van der Waals surface area (Å²) in [5.74, 6) is -0.0771. The Morgan fingerprint density at radius 2 is 1.74 bits per heavy atom. The predicted octanol–water partition coefficient (Wildman–Crippen LogP) is 2.50. The summed E-state index contributed by atoms with van der Waals surface area (Å²) in [6.45, 7) is 2.69. The zero-order valence-corrected chi connectivity index (χ0v) is 16.9. The summed E-state index contributed by atoms with van der Waals surface area (Å²) < 4.78 is 25.9. The lowest BCUT2D eigenvalue weighted by molar-refractivity contribution is -0.129. The van der Waals surface area contributed by atoms with E-state index in [1.807, 2.05) is 37.3 Å². The van der Waals surface area contributed by atoms with E-state index >= 15 is 0 Å². The highest BCUT2D eigenvalue weighted by Crippen LogP contribution is 2.23. The Morgan fingerprint density at radius 1 is 1.07 bits per heavy atom. The first-order valence-electron chi connectivity index (χ1n) is 9.01. The number of anilines is 1. The van der Waals surface area contributed by atoms with Gasteiger partial charge in [0.1, 0.15) is 0 Å². The van der Waals surface area contributed by atoms with Crippen LogP contribution in [0.1, 0.15) is 24.5 Å². The summed E-state index contributed by atoms with van der Waals surface area (Å²) in [4.78, 5) is 18.1. The molecule has 6 nitrogen and oxygen atoms in total. The van der Waals surface area contributed by atoms with Crippen molar-refractivity contribution in [2.45, 2.75) is 26.2 Å². The van der Waals surface area contributed by atoms with Crippen LogP contribution in [0, 0.1) is 0 Å². The molecule has 146 valence electrons. The fourth-order valence-electron chi connectivity index (χ4n) is 2.88. The first kappa shape index (κ1) is 20.9. The van der Waals surface area contributed by atoms with Gasteiger partial charge in [0.25, 0.3) is 0 Å². The third kappa shape index (κ3) is 6.06. The van der Waals surface area contributed by atoms with E-state index in [2.05, 4.69) is 4.98 Å². The molecule has 0 radical (unpaired) electrons. The molecule has 0 aliphatic rings. The Labute approximate surface area is 161 Å². The van der Waals surface area contributed by atoms with E-state index in [1.54, 1.807) is 30.4 Å². The molecule has 1 aromatic heterocycles. The van der Waals surface area contributed by atoms with Crippen LogP contribution in [0.3, 0.4) is 0 Å². The molecular weight excluding hydrogens is 362 g/mol. The van der Waals surface area contributed by atoms with Gasteiger partial charge in [-0.25, -0.2) is 8.42 Å². The Kier molecular flexibility index (Phi) is 7.36. The van der Waals surface area contributed by atoms with Gasteiger partial charge in [-0.15, -0.1) is 0 Å². The molecule has 0 aliphatic carbocycles. The van der Waals surface area contributed by atoms with Crippen molar-refractivity contribution in [3.05, 3.63) is 59.9 Å². The van der Waals surface area contributed by atoms with Crippen molar-refractivity contribution in [3.8, 4) is 0 Å². The van der Waals surface area contributed by atoms with Gasteiger partial charge in [0.2, 0.25) is 15.9 Å². The van der Waals surface area contributed by atoms with E-state index in [1.165, 1.54) is 10.6 Å². The van der Waals surface area contributed by atoms with Gasteiger partial charge < -0.3 is 4.90 Å². The second-order valence-corrected chi connectivity index (χ2v) is 8.39. The Bertz CT molecular complexity index is 854. The van der Waals surface area contributed by atoms with Gasteiger partial charge in [0, 0.05) is 39.0 Å². The van der Waals surface area contributed by atoms with Crippen LogP contribution in [0.25, 0.3) is 0 Å². The van der Waals surface area contributed by atoms with Crippen molar-refractivity contribution in [2.24, 2.45) is 0 Å². The van der Waals surface area contributed by atoms with Crippen molar-refractivity contribution < 1.29 is 13.2 Å². The Hall–Kier alpha value is -2.41. The van der Waals surface area contributed by atoms with Crippen LogP contribution in [0.4, 0.5) is 5.69 Å². The largest absolute Gasteiger partial charge is 0.345 e. The number of likely N-dealkylation sites (N-methyl/N-ethyl adjacent to an activating group) is 1. The predicted molar refractivity (Wildman–Crippen MR) is 108 cm³/mol. The van der Waals surface area contributed by atoms with Crippen molar-refractivity contribution in [3.63, 3.8) is 0 Å². The molecule has 27 heavy (non-hydrogen) atoms. The zero-order chi connectivity index (χ0) is 19.9. The molecule has 0 spiro atoms. The number of aromatic nitrogens is 1. The smallest absolute Gasteiger partial charge is 0.232 e. The first-order chi connectivity index (χ1) is 12.8. The fourth-order valence-corrected chi connectivity index (χ4v) is 3.84. The van der Waals surface area contributed by atoms with Gasteiger partial charge in [0.05, 0.1) is 11.9 Å². The van der Waals surface area contributed by atoms with Crippen LogP contribution in [-0.4, -0.2) is 50.6 Å². The number of pyridine rings is 1. The van der Waals surface area contributed by atoms with E-state index in [-0.39, 0.29) is 18.9 Å². The van der Waals surface area contributed by atoms with Gasteiger partial charge in [-0.2, -0.15) is 0 Å². The van der Waals surface area contributed by atoms with Gasteiger partial charge in [-0.1, -0.05) is 25.1 Å². The average molecular weight is 390 g/mol. The minimum atomic E-state index is -3.47. The van der Waals surface area contributed by atoms with Crippen LogP contribution >= 0.6 is 0 Å². The molecule has 0 saturated heterocycles. The lowest BCUT2D eigenvalue weighted by Gasteiger charge is -2.25. The van der Waals surface area contributed by atoms with E-state index in [4.69, 9.17) is 0 Å². The fraction of sp³-hybridized carbons (Fsp3) is 0.400. The first-order valence-corrected chi connectivity index (χ1v) is 10.9. The monoisotopic (exact) mass is 389 g/mol. The molecule has 0 bridgehead atoms. The van der Waals surface area contributed by atoms with Crippen molar-refractivity contribution in [2.75, 3.05) is 30.7 Å². The normalized spacial score (nSPS) is 11.2. The number of aryl methyl sites for hydroxylation is 1. The molecule has 1 heterocycles. The highest BCUT2D eigenvalue weighted by molar-refractivity contribution is 7.92. The minimum Gasteiger partial charge on any atom is -0.345 e. The third-order valence-corrected chi connectivity index (χ3v) is 5.66. The number of sulfonamides is 1. The maximum absolute atomic E-state index is 12.5. The maximum atomic E-state index is 12.5. The van der Waals surface area contributed by atoms with Crippen molar-refractivity contribution in [1.82, 2.24) is 9.88 Å². The van der Waals surface area contributed by atoms with Gasteiger partial charge in [0.15, 0.2) is 0 Å². The van der Waals surface area contributed by atoms with Crippen LogP contribution in [0.5, 0.6) is 0 Å². The molecule has 0 aliphatic heterocycles. The van der Waals surface area contributed by atoms with E-state index in [0.29, 0.717) is 12.2 Å². The summed E-state index contributed by atoms with van der Waals surface area (Å²) in [6, 6.07) is 11.3. The van der Waals surface area contributed by atoms with Gasteiger partial charge in [-0.3, -0.25) is 14.1 Å². The van der Waals surface area contributed by atoms with Crippen LogP contribution in [-0.2, 0) is 27.7 Å². The lowest BCUT2D eigenvalue weighted by atomic mass is 10.1. The summed E-state index contributed by atoms with van der Waals surface area (Å²) >= 11 is 0. The summed E-state index contributed by atoms with van der Waals surface area (Å²) in [6.07, 6.45) is 6.23. The maximum Gasteiger partial charge on any atom is 0.232 e. The Morgan fingerprint density at radius 3 is 2.37 bits per heavy atom. The Balaban J connectivity index is 2.01. The topological polar surface area (TPSA) is 70.6 Å². The van der Waals surface area contributed by atoms with Crippen LogP contribution in [0.15, 0.2) is 48.8 Å². The molecule has 0 N–H and O–H groups in total. The molecule has 0 fully saturated rings. The van der Waals surface area contributed by atoms with Crippen LogP contribution in [0.2, 0.25) is 0 Å². The number of carbonyl (C=O) groups is 1. The van der Waals surface area contributed by atoms with E-state index in [9.17, 15) is 13.2 Å². The van der Waals surface area contributed by atoms with Gasteiger partial charge >= 0.3 is 0 Å². The second-order valence-electron chi connectivity index (χ2n) is 6.49. The molecule has 1 aromatic carbocycles. The number of nitrogens with zero attached hydrogens (tertiary/aromatic N) is 3. The summed E-state index contributed by atoms with van der Waals surface area (Å²) in [5, 5.41) is 0.